The molecule has 0 saturated carbocycles. The zero-order valence-electron chi connectivity index (χ0n) is 15.9. The summed E-state index contributed by atoms with van der Waals surface area (Å²) in [6.07, 6.45) is 0. The standard InChI is InChI=1S/C19H25N3O4S/c1-5-26-17-11-9-15(10-12-17)20-14(2)19(23)21-16-7-6-8-18(13-16)27(24,25)22(3)4/h6-14,20H,5H2,1-4H3,(H,21,23)/t14-/m0/s1. The van der Waals surface area contributed by atoms with Crippen LogP contribution in [0.3, 0.4) is 0 Å². The van der Waals surface area contributed by atoms with Gasteiger partial charge in [0.1, 0.15) is 11.8 Å². The molecule has 0 fully saturated rings. The first-order valence-electron chi connectivity index (χ1n) is 8.57. The second kappa shape index (κ2) is 8.88. The first kappa shape index (κ1) is 20.7. The second-order valence-electron chi connectivity index (χ2n) is 6.13. The molecule has 1 atom stereocenters. The van der Waals surface area contributed by atoms with Gasteiger partial charge in [-0.3, -0.25) is 4.79 Å². The quantitative estimate of drug-likeness (QED) is 0.722. The molecule has 1 amide bonds. The van der Waals surface area contributed by atoms with Gasteiger partial charge in [-0.15, -0.1) is 0 Å². The smallest absolute Gasteiger partial charge is 0.246 e. The monoisotopic (exact) mass is 391 g/mol. The van der Waals surface area contributed by atoms with Crippen LogP contribution < -0.4 is 15.4 Å². The van der Waals surface area contributed by atoms with E-state index in [2.05, 4.69) is 10.6 Å². The zero-order chi connectivity index (χ0) is 20.0. The van der Waals surface area contributed by atoms with Crippen LogP contribution in [-0.4, -0.2) is 45.4 Å². The van der Waals surface area contributed by atoms with Crippen LogP contribution in [0.5, 0.6) is 5.75 Å². The van der Waals surface area contributed by atoms with Crippen molar-refractivity contribution in [2.45, 2.75) is 24.8 Å². The number of nitrogens with one attached hydrogen (secondary N) is 2. The molecule has 2 rings (SSSR count). The Labute approximate surface area is 160 Å². The van der Waals surface area contributed by atoms with Crippen molar-refractivity contribution in [2.75, 3.05) is 31.3 Å². The van der Waals surface area contributed by atoms with Crippen molar-refractivity contribution in [1.82, 2.24) is 4.31 Å². The Morgan fingerprint density at radius 2 is 1.78 bits per heavy atom. The van der Waals surface area contributed by atoms with Gasteiger partial charge in [0.2, 0.25) is 15.9 Å². The number of sulfonamides is 1. The minimum absolute atomic E-state index is 0.123. The van der Waals surface area contributed by atoms with Crippen LogP contribution in [0.25, 0.3) is 0 Å². The molecule has 8 heteroatoms. The van der Waals surface area contributed by atoms with Crippen molar-refractivity contribution < 1.29 is 17.9 Å². The Balaban J connectivity index is 2.04. The summed E-state index contributed by atoms with van der Waals surface area (Å²) in [5.41, 5.74) is 1.20. The molecule has 0 bridgehead atoms. The van der Waals surface area contributed by atoms with Crippen LogP contribution in [0.1, 0.15) is 13.8 Å². The molecule has 7 nitrogen and oxygen atoms in total. The number of rotatable bonds is 8. The van der Waals surface area contributed by atoms with Crippen LogP contribution in [0.4, 0.5) is 11.4 Å². The summed E-state index contributed by atoms with van der Waals surface area (Å²) in [4.78, 5) is 12.5. The zero-order valence-corrected chi connectivity index (χ0v) is 16.7. The second-order valence-corrected chi connectivity index (χ2v) is 8.28. The summed E-state index contributed by atoms with van der Waals surface area (Å²) in [5.74, 6) is 0.488. The van der Waals surface area contributed by atoms with Crippen molar-refractivity contribution in [2.24, 2.45) is 0 Å². The maximum atomic E-state index is 12.4. The third kappa shape index (κ3) is 5.45. The molecule has 2 N–H and O–H groups in total. The van der Waals surface area contributed by atoms with E-state index in [1.165, 1.54) is 26.2 Å². The van der Waals surface area contributed by atoms with Crippen molar-refractivity contribution >= 4 is 27.3 Å². The van der Waals surface area contributed by atoms with Crippen LogP contribution in [0, 0.1) is 0 Å². The van der Waals surface area contributed by atoms with Gasteiger partial charge in [0.25, 0.3) is 0 Å². The molecule has 0 aliphatic carbocycles. The lowest BCUT2D eigenvalue weighted by Crippen LogP contribution is -2.32. The summed E-state index contributed by atoms with van der Waals surface area (Å²) in [7, 11) is -0.635. The number of hydrogen-bond donors (Lipinski definition) is 2. The molecule has 0 aliphatic rings. The normalized spacial score (nSPS) is 12.5. The SMILES string of the molecule is CCOc1ccc(N[C@@H](C)C(=O)Nc2cccc(S(=O)(=O)N(C)C)c2)cc1. The lowest BCUT2D eigenvalue weighted by Gasteiger charge is -2.17. The van der Waals surface area contributed by atoms with Gasteiger partial charge >= 0.3 is 0 Å². The van der Waals surface area contributed by atoms with Crippen LogP contribution in [0.2, 0.25) is 0 Å². The maximum absolute atomic E-state index is 12.4. The molecule has 0 unspecified atom stereocenters. The Morgan fingerprint density at radius 1 is 1.11 bits per heavy atom. The van der Waals surface area contributed by atoms with Gasteiger partial charge in [0.15, 0.2) is 0 Å². The van der Waals surface area contributed by atoms with E-state index in [1.54, 1.807) is 19.1 Å². The van der Waals surface area contributed by atoms with E-state index in [0.29, 0.717) is 12.3 Å². The highest BCUT2D eigenvalue weighted by Gasteiger charge is 2.18. The molecular formula is C19H25N3O4S. The average Bonchev–Trinajstić information content (AvgIpc) is 2.63. The highest BCUT2D eigenvalue weighted by atomic mass is 32.2. The van der Waals surface area contributed by atoms with Gasteiger partial charge in [-0.2, -0.15) is 0 Å². The fourth-order valence-corrected chi connectivity index (χ4v) is 3.27. The molecule has 2 aromatic rings. The predicted octanol–water partition coefficient (Wildman–Crippen LogP) is 2.77. The number of nitrogens with zero attached hydrogens (tertiary/aromatic N) is 1. The van der Waals surface area contributed by atoms with Gasteiger partial charge in [-0.25, -0.2) is 12.7 Å². The van der Waals surface area contributed by atoms with E-state index < -0.39 is 16.1 Å². The minimum atomic E-state index is -3.56. The number of hydrogen-bond acceptors (Lipinski definition) is 5. The summed E-state index contributed by atoms with van der Waals surface area (Å²) in [6.45, 7) is 4.23. The molecule has 0 saturated heterocycles. The highest BCUT2D eigenvalue weighted by Crippen LogP contribution is 2.19. The van der Waals surface area contributed by atoms with E-state index >= 15 is 0 Å². The minimum Gasteiger partial charge on any atom is -0.494 e. The number of amides is 1. The van der Waals surface area contributed by atoms with E-state index in [1.807, 2.05) is 31.2 Å². The Hall–Kier alpha value is -2.58. The van der Waals surface area contributed by atoms with Crippen molar-refractivity contribution in [3.05, 3.63) is 48.5 Å². The van der Waals surface area contributed by atoms with E-state index in [0.717, 1.165) is 15.7 Å². The molecular weight excluding hydrogens is 366 g/mol. The van der Waals surface area contributed by atoms with Gasteiger partial charge < -0.3 is 15.4 Å². The van der Waals surface area contributed by atoms with Crippen LogP contribution in [0.15, 0.2) is 53.4 Å². The van der Waals surface area contributed by atoms with Gasteiger partial charge in [0, 0.05) is 25.5 Å². The summed E-state index contributed by atoms with van der Waals surface area (Å²) < 4.78 is 30.9. The molecule has 0 radical (unpaired) electrons. The van der Waals surface area contributed by atoms with E-state index in [9.17, 15) is 13.2 Å². The van der Waals surface area contributed by atoms with Gasteiger partial charge in [-0.05, 0) is 56.3 Å². The summed E-state index contributed by atoms with van der Waals surface area (Å²) >= 11 is 0. The average molecular weight is 391 g/mol. The van der Waals surface area contributed by atoms with Crippen molar-refractivity contribution in [3.63, 3.8) is 0 Å². The molecule has 2 aromatic carbocycles. The molecule has 0 aliphatic heterocycles. The lowest BCUT2D eigenvalue weighted by atomic mass is 10.2. The highest BCUT2D eigenvalue weighted by molar-refractivity contribution is 7.89. The Bertz CT molecular complexity index is 880. The summed E-state index contributed by atoms with van der Waals surface area (Å²) in [5, 5.41) is 5.84. The van der Waals surface area contributed by atoms with Crippen molar-refractivity contribution in [1.29, 1.82) is 0 Å². The van der Waals surface area contributed by atoms with Crippen molar-refractivity contribution in [3.8, 4) is 5.75 Å². The molecule has 0 spiro atoms. The fourth-order valence-electron chi connectivity index (χ4n) is 2.33. The number of benzene rings is 2. The Kier molecular flexibility index (Phi) is 6.81. The van der Waals surface area contributed by atoms with Gasteiger partial charge in [0.05, 0.1) is 11.5 Å². The first-order valence-corrected chi connectivity index (χ1v) is 10.0. The predicted molar refractivity (Wildman–Crippen MR) is 107 cm³/mol. The third-order valence-corrected chi connectivity index (χ3v) is 5.63. The topological polar surface area (TPSA) is 87.7 Å². The number of carbonyl (C=O) groups excluding carboxylic acids is 1. The largest absolute Gasteiger partial charge is 0.494 e. The molecule has 27 heavy (non-hydrogen) atoms. The maximum Gasteiger partial charge on any atom is 0.246 e. The molecule has 146 valence electrons. The van der Waals surface area contributed by atoms with E-state index in [-0.39, 0.29) is 10.8 Å². The lowest BCUT2D eigenvalue weighted by molar-refractivity contribution is -0.116. The number of anilines is 2. The first-order chi connectivity index (χ1) is 12.7. The number of carbonyl (C=O) groups is 1. The summed E-state index contributed by atoms with van der Waals surface area (Å²) in [6, 6.07) is 13.0. The third-order valence-electron chi connectivity index (χ3n) is 3.82. The van der Waals surface area contributed by atoms with E-state index in [4.69, 9.17) is 4.74 Å². The van der Waals surface area contributed by atoms with Crippen LogP contribution >= 0.6 is 0 Å². The molecule has 0 heterocycles. The number of ether oxygens (including phenoxy) is 1. The van der Waals surface area contributed by atoms with Crippen LogP contribution in [-0.2, 0) is 14.8 Å². The Morgan fingerprint density at radius 3 is 2.37 bits per heavy atom. The molecule has 0 aromatic heterocycles. The van der Waals surface area contributed by atoms with Gasteiger partial charge in [-0.1, -0.05) is 6.07 Å². The fraction of sp³-hybridized carbons (Fsp3) is 0.316.